The van der Waals surface area contributed by atoms with Gasteiger partial charge in [-0.3, -0.25) is 24.0 Å². The number of carbonyl (C=O) groups is 6. The molecule has 0 bridgehead atoms. The summed E-state index contributed by atoms with van der Waals surface area (Å²) >= 11 is 3.79. The molecule has 27 heteroatoms. The van der Waals surface area contributed by atoms with E-state index in [1.165, 1.54) is 0 Å². The molecule has 1 aliphatic rings. The normalized spacial score (nSPS) is 15.3. The molecular weight excluding hydrogens is 884 g/mol. The molecular formula is C34H52F3N7O14S3. The van der Waals surface area contributed by atoms with E-state index in [2.05, 4.69) is 33.9 Å². The van der Waals surface area contributed by atoms with Crippen LogP contribution >= 0.6 is 12.6 Å². The van der Waals surface area contributed by atoms with Crippen LogP contribution in [0.15, 0.2) is 9.79 Å². The van der Waals surface area contributed by atoms with Gasteiger partial charge < -0.3 is 52.0 Å². The van der Waals surface area contributed by atoms with E-state index in [0.29, 0.717) is 25.7 Å². The molecule has 0 spiro atoms. The first-order valence-electron chi connectivity index (χ1n) is 18.9. The summed E-state index contributed by atoms with van der Waals surface area (Å²) in [4.78, 5) is 68.4. The number of anilines is 1. The Morgan fingerprint density at radius 1 is 0.754 bits per heavy atom. The van der Waals surface area contributed by atoms with Crippen LogP contribution in [0.4, 0.5) is 18.9 Å². The number of halogens is 3. The summed E-state index contributed by atoms with van der Waals surface area (Å²) in [5, 5.41) is 34.5. The maximum Gasteiger partial charge on any atom is 0.327 e. The highest BCUT2D eigenvalue weighted by atomic mass is 32.2. The van der Waals surface area contributed by atoms with Gasteiger partial charge in [0.25, 0.3) is 0 Å². The van der Waals surface area contributed by atoms with E-state index in [-0.39, 0.29) is 45.1 Å². The Labute approximate surface area is 355 Å². The Kier molecular flexibility index (Phi) is 22.2. The summed E-state index contributed by atoms with van der Waals surface area (Å²) in [5.74, 6) is -14.2. The van der Waals surface area contributed by atoms with Crippen LogP contribution in [0.1, 0.15) is 64.2 Å². The lowest BCUT2D eigenvalue weighted by Crippen LogP contribution is -2.57. The summed E-state index contributed by atoms with van der Waals surface area (Å²) < 4.78 is 107. The number of carbonyl (C=O) groups excluding carboxylic acids is 4. The summed E-state index contributed by atoms with van der Waals surface area (Å²) in [6.07, 6.45) is 2.94. The fraction of sp³-hybridized carbons (Fsp3) is 0.647. The molecule has 1 aromatic rings. The van der Waals surface area contributed by atoms with E-state index in [9.17, 15) is 50.0 Å². The molecule has 0 radical (unpaired) electrons. The van der Waals surface area contributed by atoms with Gasteiger partial charge in [0.2, 0.25) is 33.7 Å². The van der Waals surface area contributed by atoms with E-state index < -0.39 is 138 Å². The molecule has 0 saturated heterocycles. The van der Waals surface area contributed by atoms with Crippen molar-refractivity contribution in [3.8, 4) is 0 Å². The Balaban J connectivity index is 1.77. The van der Waals surface area contributed by atoms with Gasteiger partial charge in [-0.1, -0.05) is 32.1 Å². The molecule has 1 aromatic carbocycles. The molecule has 1 saturated carbocycles. The molecule has 1 aliphatic carbocycles. The number of benzene rings is 1. The van der Waals surface area contributed by atoms with E-state index in [4.69, 9.17) is 30.6 Å². The monoisotopic (exact) mass is 935 g/mol. The minimum absolute atomic E-state index is 0.00903. The molecule has 0 aliphatic heterocycles. The smallest absolute Gasteiger partial charge is 0.327 e. The van der Waals surface area contributed by atoms with Gasteiger partial charge in [0.05, 0.1) is 44.3 Å². The van der Waals surface area contributed by atoms with E-state index >= 15 is 8.78 Å². The molecule has 3 unspecified atom stereocenters. The van der Waals surface area contributed by atoms with Gasteiger partial charge in [0.15, 0.2) is 32.2 Å². The summed E-state index contributed by atoms with van der Waals surface area (Å²) in [6, 6.07) is -5.14. The summed E-state index contributed by atoms with van der Waals surface area (Å²) in [5.41, 5.74) is 4.66. The standard InChI is InChI=1S/C34H52F3N7O14S3/c35-26-27(36)31(29(28(37)30(26)61(39,55)56)42-19-6-4-2-1-3-5-7-19)60(53,54)15-9-24(46)40-10-12-58-14-13-57-11-8-23(45)41-17-20(38)32(49)43-21(16-25(47)48)33(50)44-22(18-59)34(51)52/h19-22,42,59H,1-18,38H2,(H,40,46)(H,41,45)(H,43,49)(H,44,50)(H,47,48)(H,51,52)(H2,39,55,56). The maximum atomic E-state index is 15.6. The number of nitrogens with one attached hydrogen (secondary N) is 5. The van der Waals surface area contributed by atoms with Crippen molar-refractivity contribution in [2.45, 2.75) is 98.2 Å². The summed E-state index contributed by atoms with van der Waals surface area (Å²) in [7, 11) is -10.1. The van der Waals surface area contributed by atoms with Gasteiger partial charge in [0.1, 0.15) is 23.0 Å². The quantitative estimate of drug-likeness (QED) is 0.0299. The van der Waals surface area contributed by atoms with Crippen LogP contribution in [0.5, 0.6) is 0 Å². The number of amides is 4. The number of rotatable bonds is 26. The second-order valence-corrected chi connectivity index (χ2v) is 17.7. The molecule has 0 heterocycles. The molecule has 3 atom stereocenters. The lowest BCUT2D eigenvalue weighted by molar-refractivity contribution is -0.143. The zero-order chi connectivity index (χ0) is 45.9. The minimum Gasteiger partial charge on any atom is -0.481 e. The van der Waals surface area contributed by atoms with Crippen LogP contribution in [-0.4, -0.2) is 138 Å². The predicted molar refractivity (Wildman–Crippen MR) is 212 cm³/mol. The lowest BCUT2D eigenvalue weighted by Gasteiger charge is -2.25. The van der Waals surface area contributed by atoms with Gasteiger partial charge in [0, 0.05) is 37.7 Å². The van der Waals surface area contributed by atoms with Crippen LogP contribution in [-0.2, 0) is 58.1 Å². The Morgan fingerprint density at radius 2 is 1.31 bits per heavy atom. The lowest BCUT2D eigenvalue weighted by atomic mass is 9.96. The van der Waals surface area contributed by atoms with Crippen LogP contribution in [0.3, 0.4) is 0 Å². The van der Waals surface area contributed by atoms with Crippen molar-refractivity contribution in [1.82, 2.24) is 21.3 Å². The number of carboxylic acids is 2. The van der Waals surface area contributed by atoms with Crippen molar-refractivity contribution < 1.29 is 78.5 Å². The largest absolute Gasteiger partial charge is 0.481 e. The van der Waals surface area contributed by atoms with E-state index in [1.807, 2.05) is 5.32 Å². The minimum atomic E-state index is -5.17. The number of sulfonamides is 1. The highest BCUT2D eigenvalue weighted by Gasteiger charge is 2.37. The van der Waals surface area contributed by atoms with Gasteiger partial charge in [-0.15, -0.1) is 0 Å². The number of hydrogen-bond acceptors (Lipinski definition) is 15. The van der Waals surface area contributed by atoms with Crippen LogP contribution < -0.4 is 37.5 Å². The number of carboxylic acid groups (broad SMARTS) is 2. The molecule has 1 fully saturated rings. The highest BCUT2D eigenvalue weighted by molar-refractivity contribution is 7.91. The maximum absolute atomic E-state index is 15.6. The Hall–Kier alpha value is -4.28. The number of sulfone groups is 1. The number of thiol groups is 1. The number of aliphatic carboxylic acids is 2. The first-order valence-corrected chi connectivity index (χ1v) is 22.8. The number of primary sulfonamides is 1. The van der Waals surface area contributed by atoms with E-state index in [1.54, 1.807) is 0 Å². The fourth-order valence-corrected chi connectivity index (χ4v) is 8.21. The fourth-order valence-electron chi connectivity index (χ4n) is 5.79. The van der Waals surface area contributed by atoms with Crippen molar-refractivity contribution >= 4 is 73.7 Å². The first kappa shape index (κ1) is 52.9. The molecule has 2 rings (SSSR count). The third kappa shape index (κ3) is 17.9. The van der Waals surface area contributed by atoms with Gasteiger partial charge in [-0.2, -0.15) is 12.6 Å². The third-order valence-corrected chi connectivity index (χ3v) is 12.0. The topological polar surface area (TPSA) is 342 Å². The van der Waals surface area contributed by atoms with Crippen LogP contribution in [0.25, 0.3) is 0 Å². The van der Waals surface area contributed by atoms with Crippen molar-refractivity contribution in [1.29, 1.82) is 0 Å². The predicted octanol–water partition coefficient (Wildman–Crippen LogP) is -1.12. The zero-order valence-electron chi connectivity index (χ0n) is 32.9. The van der Waals surface area contributed by atoms with Gasteiger partial charge in [-0.25, -0.2) is 39.9 Å². The van der Waals surface area contributed by atoms with Crippen molar-refractivity contribution in [3.63, 3.8) is 0 Å². The molecule has 0 aromatic heterocycles. The van der Waals surface area contributed by atoms with Gasteiger partial charge >= 0.3 is 11.9 Å². The first-order chi connectivity index (χ1) is 28.6. The number of ether oxygens (including phenoxy) is 2. The molecule has 11 N–H and O–H groups in total. The van der Waals surface area contributed by atoms with Crippen LogP contribution in [0, 0.1) is 17.5 Å². The van der Waals surface area contributed by atoms with Crippen molar-refractivity contribution in [3.05, 3.63) is 17.5 Å². The zero-order valence-corrected chi connectivity index (χ0v) is 35.4. The number of hydrogen-bond donors (Lipinski definition) is 10. The van der Waals surface area contributed by atoms with Gasteiger partial charge in [-0.05, 0) is 12.8 Å². The average molecular weight is 936 g/mol. The molecule has 61 heavy (non-hydrogen) atoms. The number of nitrogens with two attached hydrogens (primary N) is 2. The highest BCUT2D eigenvalue weighted by Crippen LogP contribution is 2.37. The van der Waals surface area contributed by atoms with Crippen molar-refractivity contribution in [2.75, 3.05) is 56.3 Å². The SMILES string of the molecule is NC(CNC(=O)CCOCCOCCNC(=O)CCS(=O)(=O)c1c(F)c(F)c(S(N)(=O)=O)c(F)c1NC1CCCCCCC1)C(=O)NC(CC(=O)O)C(=O)NC(CS)C(=O)O. The summed E-state index contributed by atoms with van der Waals surface area (Å²) in [6.45, 7) is -0.736. The molecule has 21 nitrogen and oxygen atoms in total. The van der Waals surface area contributed by atoms with Crippen LogP contribution in [0.2, 0.25) is 0 Å². The Bertz CT molecular complexity index is 1940. The third-order valence-electron chi connectivity index (χ3n) is 8.96. The average Bonchev–Trinajstić information content (AvgIpc) is 3.16. The second kappa shape index (κ2) is 25.6. The van der Waals surface area contributed by atoms with Crippen molar-refractivity contribution in [2.24, 2.45) is 10.9 Å². The molecule has 4 amide bonds. The van der Waals surface area contributed by atoms with E-state index in [0.717, 1.165) is 19.3 Å². The Morgan fingerprint density at radius 3 is 1.89 bits per heavy atom. The molecule has 346 valence electrons. The second-order valence-electron chi connectivity index (χ2n) is 13.8.